The van der Waals surface area contributed by atoms with Gasteiger partial charge in [-0.05, 0) is 23.8 Å². The standard InChI is InChI=1S/C17H14FN3O/c18-17-19-10-9-16(21-17)20-14-7-4-8-15(11-14)22-12-13-5-2-1-3-6-13/h1-11H,12H2,(H,19,20,21). The lowest BCUT2D eigenvalue weighted by molar-refractivity contribution is 0.306. The molecule has 0 aliphatic heterocycles. The third-order valence-corrected chi connectivity index (χ3v) is 2.98. The van der Waals surface area contributed by atoms with Crippen LogP contribution in [0.3, 0.4) is 0 Å². The van der Waals surface area contributed by atoms with Crippen molar-refractivity contribution in [3.63, 3.8) is 0 Å². The van der Waals surface area contributed by atoms with E-state index in [1.165, 1.54) is 6.20 Å². The minimum Gasteiger partial charge on any atom is -0.489 e. The molecule has 0 aliphatic carbocycles. The van der Waals surface area contributed by atoms with Crippen LogP contribution in [0.1, 0.15) is 5.56 Å². The van der Waals surface area contributed by atoms with Crippen LogP contribution in [0.2, 0.25) is 0 Å². The second kappa shape index (κ2) is 6.67. The van der Waals surface area contributed by atoms with Crippen molar-refractivity contribution in [2.45, 2.75) is 6.61 Å². The molecule has 2 aromatic carbocycles. The second-order valence-corrected chi connectivity index (χ2v) is 4.64. The van der Waals surface area contributed by atoms with Gasteiger partial charge in [-0.15, -0.1) is 0 Å². The predicted octanol–water partition coefficient (Wildman–Crippen LogP) is 3.94. The normalized spacial score (nSPS) is 10.2. The molecule has 4 nitrogen and oxygen atoms in total. The van der Waals surface area contributed by atoms with Gasteiger partial charge in [0.15, 0.2) is 0 Å². The third kappa shape index (κ3) is 3.79. The lowest BCUT2D eigenvalue weighted by Gasteiger charge is -2.09. The van der Waals surface area contributed by atoms with Gasteiger partial charge in [-0.3, -0.25) is 0 Å². The smallest absolute Gasteiger partial charge is 0.310 e. The first-order valence-corrected chi connectivity index (χ1v) is 6.82. The minimum atomic E-state index is -0.763. The molecular weight excluding hydrogens is 281 g/mol. The number of benzene rings is 2. The topological polar surface area (TPSA) is 47.0 Å². The highest BCUT2D eigenvalue weighted by molar-refractivity contribution is 5.57. The highest BCUT2D eigenvalue weighted by atomic mass is 19.1. The second-order valence-electron chi connectivity index (χ2n) is 4.64. The maximum absolute atomic E-state index is 13.0. The summed E-state index contributed by atoms with van der Waals surface area (Å²) in [4.78, 5) is 7.08. The average molecular weight is 295 g/mol. The Labute approximate surface area is 127 Å². The van der Waals surface area contributed by atoms with Gasteiger partial charge in [-0.2, -0.15) is 9.37 Å². The van der Waals surface area contributed by atoms with Gasteiger partial charge in [-0.1, -0.05) is 36.4 Å². The Hall–Kier alpha value is -2.95. The number of anilines is 2. The molecule has 22 heavy (non-hydrogen) atoms. The Bertz CT molecular complexity index is 750. The summed E-state index contributed by atoms with van der Waals surface area (Å²) >= 11 is 0. The highest BCUT2D eigenvalue weighted by Gasteiger charge is 2.01. The van der Waals surface area contributed by atoms with Gasteiger partial charge in [0.25, 0.3) is 0 Å². The molecule has 3 rings (SSSR count). The van der Waals surface area contributed by atoms with Gasteiger partial charge < -0.3 is 10.1 Å². The zero-order valence-corrected chi connectivity index (χ0v) is 11.7. The maximum Gasteiger partial charge on any atom is 0.310 e. The van der Waals surface area contributed by atoms with Gasteiger partial charge in [0.2, 0.25) is 0 Å². The van der Waals surface area contributed by atoms with Crippen molar-refractivity contribution in [2.24, 2.45) is 0 Å². The number of hydrogen-bond acceptors (Lipinski definition) is 4. The molecule has 0 spiro atoms. The summed E-state index contributed by atoms with van der Waals surface area (Å²) in [6.45, 7) is 0.492. The molecule has 0 atom stereocenters. The molecule has 0 unspecified atom stereocenters. The van der Waals surface area contributed by atoms with E-state index in [4.69, 9.17) is 4.74 Å². The van der Waals surface area contributed by atoms with Crippen LogP contribution in [-0.4, -0.2) is 9.97 Å². The van der Waals surface area contributed by atoms with E-state index in [0.717, 1.165) is 17.0 Å². The van der Waals surface area contributed by atoms with Crippen LogP contribution >= 0.6 is 0 Å². The first-order valence-electron chi connectivity index (χ1n) is 6.82. The van der Waals surface area contributed by atoms with Crippen LogP contribution in [0.25, 0.3) is 0 Å². The van der Waals surface area contributed by atoms with E-state index >= 15 is 0 Å². The molecule has 1 heterocycles. The van der Waals surface area contributed by atoms with Gasteiger partial charge in [-0.25, -0.2) is 4.98 Å². The van der Waals surface area contributed by atoms with Crippen molar-refractivity contribution in [3.8, 4) is 5.75 Å². The van der Waals surface area contributed by atoms with Gasteiger partial charge in [0, 0.05) is 18.0 Å². The van der Waals surface area contributed by atoms with Crippen LogP contribution in [0.15, 0.2) is 66.9 Å². The molecule has 0 aliphatic rings. The van der Waals surface area contributed by atoms with E-state index in [2.05, 4.69) is 15.3 Å². The van der Waals surface area contributed by atoms with Crippen LogP contribution < -0.4 is 10.1 Å². The van der Waals surface area contributed by atoms with Gasteiger partial charge in [0.05, 0.1) is 0 Å². The summed E-state index contributed by atoms with van der Waals surface area (Å²) < 4.78 is 18.7. The largest absolute Gasteiger partial charge is 0.489 e. The number of hydrogen-bond donors (Lipinski definition) is 1. The number of aromatic nitrogens is 2. The predicted molar refractivity (Wildman–Crippen MR) is 82.5 cm³/mol. The van der Waals surface area contributed by atoms with Crippen molar-refractivity contribution >= 4 is 11.5 Å². The van der Waals surface area contributed by atoms with Crippen molar-refractivity contribution < 1.29 is 9.13 Å². The number of nitrogens with zero attached hydrogens (tertiary/aromatic N) is 2. The fraction of sp³-hybridized carbons (Fsp3) is 0.0588. The van der Waals surface area contributed by atoms with E-state index in [1.807, 2.05) is 54.6 Å². The zero-order chi connectivity index (χ0) is 15.2. The summed E-state index contributed by atoms with van der Waals surface area (Å²) in [5, 5.41) is 3.01. The highest BCUT2D eigenvalue weighted by Crippen LogP contribution is 2.21. The van der Waals surface area contributed by atoms with Crippen molar-refractivity contribution in [1.82, 2.24) is 9.97 Å². The number of rotatable bonds is 5. The minimum absolute atomic E-state index is 0.396. The van der Waals surface area contributed by atoms with Crippen LogP contribution in [0.5, 0.6) is 5.75 Å². The summed E-state index contributed by atoms with van der Waals surface area (Å²) in [6.07, 6.45) is 0.599. The van der Waals surface area contributed by atoms with E-state index in [0.29, 0.717) is 12.4 Å². The Morgan fingerprint density at radius 2 is 1.86 bits per heavy atom. The number of nitrogens with one attached hydrogen (secondary N) is 1. The molecular formula is C17H14FN3O. The number of halogens is 1. The molecule has 0 saturated carbocycles. The fourth-order valence-corrected chi connectivity index (χ4v) is 1.96. The van der Waals surface area contributed by atoms with Gasteiger partial charge >= 0.3 is 6.08 Å². The Balaban J connectivity index is 1.67. The fourth-order valence-electron chi connectivity index (χ4n) is 1.96. The molecule has 1 N–H and O–H groups in total. The molecule has 0 radical (unpaired) electrons. The van der Waals surface area contributed by atoms with Crippen molar-refractivity contribution in [1.29, 1.82) is 0 Å². The zero-order valence-electron chi connectivity index (χ0n) is 11.7. The van der Waals surface area contributed by atoms with E-state index in [9.17, 15) is 4.39 Å². The molecule has 0 bridgehead atoms. The summed E-state index contributed by atoms with van der Waals surface area (Å²) in [7, 11) is 0. The van der Waals surface area contributed by atoms with E-state index in [1.54, 1.807) is 6.07 Å². The SMILES string of the molecule is Fc1nccc(Nc2cccc(OCc3ccccc3)c2)n1. The van der Waals surface area contributed by atoms with Crippen molar-refractivity contribution in [2.75, 3.05) is 5.32 Å². The summed E-state index contributed by atoms with van der Waals surface area (Å²) in [5.41, 5.74) is 1.86. The molecule has 0 saturated heterocycles. The Morgan fingerprint density at radius 1 is 1.00 bits per heavy atom. The lowest BCUT2D eigenvalue weighted by atomic mass is 10.2. The first kappa shape index (κ1) is 14.0. The first-order chi connectivity index (χ1) is 10.8. The monoisotopic (exact) mass is 295 g/mol. The quantitative estimate of drug-likeness (QED) is 0.724. The molecule has 0 amide bonds. The van der Waals surface area contributed by atoms with Crippen molar-refractivity contribution in [3.05, 3.63) is 78.5 Å². The Kier molecular flexibility index (Phi) is 4.25. The van der Waals surface area contributed by atoms with E-state index in [-0.39, 0.29) is 0 Å². The molecule has 1 aromatic heterocycles. The number of ether oxygens (including phenoxy) is 1. The summed E-state index contributed by atoms with van der Waals surface area (Å²) in [6, 6.07) is 18.9. The Morgan fingerprint density at radius 3 is 2.68 bits per heavy atom. The molecule has 0 fully saturated rings. The average Bonchev–Trinajstić information content (AvgIpc) is 2.54. The van der Waals surface area contributed by atoms with Gasteiger partial charge in [0.1, 0.15) is 18.2 Å². The lowest BCUT2D eigenvalue weighted by Crippen LogP contribution is -1.98. The molecule has 110 valence electrons. The summed E-state index contributed by atoms with van der Waals surface area (Å²) in [5.74, 6) is 1.12. The molecule has 5 heteroatoms. The molecule has 3 aromatic rings. The van der Waals surface area contributed by atoms with E-state index < -0.39 is 6.08 Å². The van der Waals surface area contributed by atoms with Crippen LogP contribution in [0, 0.1) is 6.08 Å². The third-order valence-electron chi connectivity index (χ3n) is 2.98. The van der Waals surface area contributed by atoms with Crippen LogP contribution in [-0.2, 0) is 6.61 Å². The van der Waals surface area contributed by atoms with Crippen LogP contribution in [0.4, 0.5) is 15.9 Å². The maximum atomic E-state index is 13.0.